The first-order valence-corrected chi connectivity index (χ1v) is 13.6. The number of aliphatic hydroxyl groups excluding tert-OH is 6. The molecule has 0 unspecified atom stereocenters. The number of hydrogen-bond acceptors (Lipinski definition) is 14. The fraction of sp³-hybridized carbons (Fsp3) is 0.483. The first kappa shape index (κ1) is 31.1. The van der Waals surface area contributed by atoms with E-state index in [0.717, 1.165) is 5.56 Å². The molecule has 0 amide bonds. The highest BCUT2D eigenvalue weighted by Gasteiger charge is 2.47. The van der Waals surface area contributed by atoms with Crippen LogP contribution in [0.4, 0.5) is 0 Å². The number of phenols is 2. The van der Waals surface area contributed by atoms with E-state index in [2.05, 4.69) is 0 Å². The summed E-state index contributed by atoms with van der Waals surface area (Å²) in [7, 11) is 0. The van der Waals surface area contributed by atoms with E-state index in [1.807, 2.05) is 0 Å². The number of ether oxygens (including phenoxy) is 5. The van der Waals surface area contributed by atoms with Crippen molar-refractivity contribution in [3.63, 3.8) is 0 Å². The van der Waals surface area contributed by atoms with Crippen molar-refractivity contribution >= 4 is 11.5 Å². The summed E-state index contributed by atoms with van der Waals surface area (Å²) >= 11 is 0. The maximum Gasteiger partial charge on any atom is 0.331 e. The van der Waals surface area contributed by atoms with E-state index in [-0.39, 0.29) is 23.7 Å². The van der Waals surface area contributed by atoms with Crippen LogP contribution in [0.25, 0.3) is 5.57 Å². The Balaban J connectivity index is 1.33. The Kier molecular flexibility index (Phi) is 9.22. The zero-order chi connectivity index (χ0) is 31.0. The molecule has 3 aliphatic rings. The third kappa shape index (κ3) is 6.62. The van der Waals surface area contributed by atoms with Gasteiger partial charge in [0.1, 0.15) is 66.1 Å². The van der Waals surface area contributed by atoms with Crippen LogP contribution in [0, 0.1) is 0 Å². The lowest BCUT2D eigenvalue weighted by Gasteiger charge is -2.42. The molecule has 5 rings (SSSR count). The quantitative estimate of drug-likeness (QED) is 0.163. The molecule has 2 saturated heterocycles. The fourth-order valence-corrected chi connectivity index (χ4v) is 5.17. The van der Waals surface area contributed by atoms with E-state index in [1.165, 1.54) is 43.3 Å². The highest BCUT2D eigenvalue weighted by molar-refractivity contribution is 5.98. The third-order valence-electron chi connectivity index (χ3n) is 7.66. The molecule has 0 radical (unpaired) electrons. The summed E-state index contributed by atoms with van der Waals surface area (Å²) in [5, 5.41) is 81.7. The Morgan fingerprint density at radius 3 is 2.14 bits per heavy atom. The van der Waals surface area contributed by atoms with Gasteiger partial charge in [-0.05, 0) is 36.8 Å². The summed E-state index contributed by atoms with van der Waals surface area (Å²) in [5.74, 6) is -0.789. The first-order valence-electron chi connectivity index (χ1n) is 13.6. The van der Waals surface area contributed by atoms with E-state index in [9.17, 15) is 45.6 Å². The summed E-state index contributed by atoms with van der Waals surface area (Å²) < 4.78 is 28.0. The molecule has 43 heavy (non-hydrogen) atoms. The Labute approximate surface area is 245 Å². The number of carbonyl (C=O) groups is 1. The predicted octanol–water partition coefficient (Wildman–Crippen LogP) is -1.32. The van der Waals surface area contributed by atoms with E-state index in [4.69, 9.17) is 23.7 Å². The van der Waals surface area contributed by atoms with Gasteiger partial charge >= 0.3 is 5.97 Å². The molecular weight excluding hydrogens is 572 g/mol. The average Bonchev–Trinajstić information content (AvgIpc) is 3.34. The van der Waals surface area contributed by atoms with Gasteiger partial charge in [-0.2, -0.15) is 0 Å². The van der Waals surface area contributed by atoms with Crippen molar-refractivity contribution in [2.24, 2.45) is 0 Å². The Morgan fingerprint density at radius 1 is 0.767 bits per heavy atom. The zero-order valence-corrected chi connectivity index (χ0v) is 22.9. The van der Waals surface area contributed by atoms with E-state index >= 15 is 0 Å². The molecule has 0 aliphatic carbocycles. The van der Waals surface area contributed by atoms with E-state index < -0.39 is 80.1 Å². The fourth-order valence-electron chi connectivity index (χ4n) is 5.17. The molecule has 0 saturated carbocycles. The minimum atomic E-state index is -1.77. The van der Waals surface area contributed by atoms with Gasteiger partial charge in [0, 0.05) is 29.7 Å². The van der Waals surface area contributed by atoms with Crippen LogP contribution < -0.4 is 4.74 Å². The van der Waals surface area contributed by atoms with Gasteiger partial charge in [0.2, 0.25) is 6.29 Å². The second kappa shape index (κ2) is 12.7. The summed E-state index contributed by atoms with van der Waals surface area (Å²) in [6, 6.07) is 10.4. The minimum Gasteiger partial charge on any atom is -0.508 e. The molecule has 8 N–H and O–H groups in total. The number of rotatable bonds is 8. The molecule has 0 spiro atoms. The van der Waals surface area contributed by atoms with Crippen molar-refractivity contribution in [2.45, 2.75) is 80.9 Å². The summed E-state index contributed by atoms with van der Waals surface area (Å²) in [6.07, 6.45) is -14.2. The van der Waals surface area contributed by atoms with Gasteiger partial charge < -0.3 is 64.5 Å². The van der Waals surface area contributed by atoms with Crippen LogP contribution in [0.5, 0.6) is 17.2 Å². The van der Waals surface area contributed by atoms with E-state index in [1.54, 1.807) is 12.1 Å². The Morgan fingerprint density at radius 2 is 1.42 bits per heavy atom. The number of benzene rings is 2. The Hall–Kier alpha value is -3.31. The topological polar surface area (TPSA) is 225 Å². The van der Waals surface area contributed by atoms with Gasteiger partial charge in [0.25, 0.3) is 0 Å². The van der Waals surface area contributed by atoms with Crippen LogP contribution in [-0.2, 0) is 30.2 Å². The van der Waals surface area contributed by atoms with Crippen molar-refractivity contribution in [1.82, 2.24) is 0 Å². The van der Waals surface area contributed by atoms with Gasteiger partial charge in [-0.15, -0.1) is 0 Å². The zero-order valence-electron chi connectivity index (χ0n) is 22.9. The second-order valence-corrected chi connectivity index (χ2v) is 10.7. The highest BCUT2D eigenvalue weighted by Crippen LogP contribution is 2.38. The molecule has 2 fully saturated rings. The molecule has 14 heteroatoms. The normalized spacial score (nSPS) is 36.2. The largest absolute Gasteiger partial charge is 0.508 e. The number of esters is 1. The Bertz CT molecular complexity index is 1310. The van der Waals surface area contributed by atoms with Crippen LogP contribution in [0.3, 0.4) is 0 Å². The summed E-state index contributed by atoms with van der Waals surface area (Å²) in [6.45, 7) is 0.976. The number of phenolic OH excluding ortho intramolecular Hbond substituents is 2. The standard InChI is InChI=1S/C29H34O14/c1-12-22(33)24(35)26(37)28(40-12)39-11-20-23(34)25(36)27(38)29(43-20)42-19-9-15(31)6-7-16(19)17-10-21(32)41-18(17)8-13-2-4-14(30)5-3-13/h2-7,9-10,12,18,20,22-31,33-38H,8,11H2,1H3/t12-,18+,20+,22-,23+,24+,25-,26+,27+,28+,29+/m0/s1. The van der Waals surface area contributed by atoms with Crippen molar-refractivity contribution < 1.29 is 69.3 Å². The molecule has 0 aromatic heterocycles. The maximum absolute atomic E-state index is 12.3. The van der Waals surface area contributed by atoms with Crippen molar-refractivity contribution in [3.05, 3.63) is 59.7 Å². The smallest absolute Gasteiger partial charge is 0.331 e. The molecule has 3 heterocycles. The lowest BCUT2D eigenvalue weighted by molar-refractivity contribution is -0.318. The summed E-state index contributed by atoms with van der Waals surface area (Å²) in [5.41, 5.74) is 1.48. The third-order valence-corrected chi connectivity index (χ3v) is 7.66. The van der Waals surface area contributed by atoms with Crippen molar-refractivity contribution in [2.75, 3.05) is 6.61 Å². The molecule has 11 atom stereocenters. The number of aromatic hydroxyl groups is 2. The van der Waals surface area contributed by atoms with Crippen LogP contribution in [0.1, 0.15) is 18.1 Å². The van der Waals surface area contributed by atoms with Crippen molar-refractivity contribution in [1.29, 1.82) is 0 Å². The molecule has 3 aliphatic heterocycles. The van der Waals surface area contributed by atoms with Crippen LogP contribution >= 0.6 is 0 Å². The highest BCUT2D eigenvalue weighted by atomic mass is 16.7. The molecule has 234 valence electrons. The van der Waals surface area contributed by atoms with Gasteiger partial charge in [-0.1, -0.05) is 12.1 Å². The predicted molar refractivity (Wildman–Crippen MR) is 143 cm³/mol. The first-order chi connectivity index (χ1) is 20.4. The number of aliphatic hydroxyl groups is 6. The van der Waals surface area contributed by atoms with Gasteiger partial charge in [-0.25, -0.2) is 4.79 Å². The minimum absolute atomic E-state index is 0.0375. The van der Waals surface area contributed by atoms with Crippen LogP contribution in [0.2, 0.25) is 0 Å². The molecule has 2 aromatic carbocycles. The van der Waals surface area contributed by atoms with Crippen LogP contribution in [0.15, 0.2) is 48.5 Å². The number of carbonyl (C=O) groups excluding carboxylic acids is 1. The summed E-state index contributed by atoms with van der Waals surface area (Å²) in [4.78, 5) is 12.3. The monoisotopic (exact) mass is 606 g/mol. The molecule has 0 bridgehead atoms. The number of cyclic esters (lactones) is 1. The van der Waals surface area contributed by atoms with Gasteiger partial charge in [0.05, 0.1) is 12.7 Å². The SMILES string of the molecule is C[C@@H]1O[C@@H](OC[C@H]2O[C@@H](Oc3cc(O)ccc3C3=CC(=O)O[C@@H]3Cc3ccc(O)cc3)[C@H](O)[C@@H](O)[C@@H]2O)[C@H](O)[C@H](O)[C@H]1O. The molecule has 2 aromatic rings. The van der Waals surface area contributed by atoms with Gasteiger partial charge in [0.15, 0.2) is 6.29 Å². The lowest BCUT2D eigenvalue weighted by atomic mass is 9.95. The second-order valence-electron chi connectivity index (χ2n) is 10.7. The van der Waals surface area contributed by atoms with E-state index in [0.29, 0.717) is 11.1 Å². The maximum atomic E-state index is 12.3. The van der Waals surface area contributed by atoms with Crippen molar-refractivity contribution in [3.8, 4) is 17.2 Å². The van der Waals surface area contributed by atoms with Gasteiger partial charge in [-0.3, -0.25) is 0 Å². The van der Waals surface area contributed by atoms with Crippen LogP contribution in [-0.4, -0.2) is 121 Å². The lowest BCUT2D eigenvalue weighted by Crippen LogP contribution is -2.61. The molecule has 14 nitrogen and oxygen atoms in total. The average molecular weight is 607 g/mol. The molecular formula is C29H34O14. The number of hydrogen-bond donors (Lipinski definition) is 8.